The van der Waals surface area contributed by atoms with Crippen molar-refractivity contribution in [3.8, 4) is 0 Å². The molecule has 0 atom stereocenters. The predicted octanol–water partition coefficient (Wildman–Crippen LogP) is -3.98. The van der Waals surface area contributed by atoms with Gasteiger partial charge in [-0.3, -0.25) is 20.4 Å². The standard InChI is InChI=1S/C8H14N6O4/c15-3-1-9-7(17)5-11-13-6(14-12-5)8(18)10-2-4-16/h15-16H,1-4H2,(H,9,17)(H,10,18)(H,11,12)(H,13,14). The van der Waals surface area contributed by atoms with Crippen molar-refractivity contribution in [1.82, 2.24) is 21.5 Å². The maximum Gasteiger partial charge on any atom is 0.290 e. The minimum atomic E-state index is -0.560. The topological polar surface area (TPSA) is 147 Å². The molecule has 0 aromatic heterocycles. The van der Waals surface area contributed by atoms with E-state index >= 15 is 0 Å². The molecule has 18 heavy (non-hydrogen) atoms. The summed E-state index contributed by atoms with van der Waals surface area (Å²) in [6.45, 7) is -0.199. The van der Waals surface area contributed by atoms with E-state index in [1.54, 1.807) is 0 Å². The molecule has 0 radical (unpaired) electrons. The molecular formula is C8H14N6O4. The van der Waals surface area contributed by atoms with Crippen molar-refractivity contribution < 1.29 is 19.8 Å². The predicted molar refractivity (Wildman–Crippen MR) is 61.3 cm³/mol. The second-order valence-corrected chi connectivity index (χ2v) is 3.10. The summed E-state index contributed by atoms with van der Waals surface area (Å²) in [4.78, 5) is 22.7. The molecule has 100 valence electrons. The van der Waals surface area contributed by atoms with Crippen LogP contribution in [0.3, 0.4) is 0 Å². The number of aliphatic hydroxyl groups is 2. The Labute approximate surface area is 102 Å². The van der Waals surface area contributed by atoms with Crippen molar-refractivity contribution in [1.29, 1.82) is 0 Å². The highest BCUT2D eigenvalue weighted by molar-refractivity contribution is 6.42. The van der Waals surface area contributed by atoms with Crippen LogP contribution in [0.2, 0.25) is 0 Å². The number of hydrazone groups is 2. The Morgan fingerprint density at radius 3 is 1.61 bits per heavy atom. The molecule has 1 aliphatic heterocycles. The lowest BCUT2D eigenvalue weighted by molar-refractivity contribution is -0.116. The van der Waals surface area contributed by atoms with Crippen LogP contribution in [-0.4, -0.2) is 60.0 Å². The fraction of sp³-hybridized carbons (Fsp3) is 0.500. The number of carbonyl (C=O) groups is 2. The van der Waals surface area contributed by atoms with Gasteiger partial charge in [-0.25, -0.2) is 0 Å². The lowest BCUT2D eigenvalue weighted by atomic mass is 10.5. The number of nitrogens with zero attached hydrogens (tertiary/aromatic N) is 2. The summed E-state index contributed by atoms with van der Waals surface area (Å²) < 4.78 is 0. The summed E-state index contributed by atoms with van der Waals surface area (Å²) >= 11 is 0. The highest BCUT2D eigenvalue weighted by Gasteiger charge is 2.18. The van der Waals surface area contributed by atoms with Crippen molar-refractivity contribution >= 4 is 23.5 Å². The summed E-state index contributed by atoms with van der Waals surface area (Å²) in [5, 5.41) is 29.0. The zero-order chi connectivity index (χ0) is 13.4. The van der Waals surface area contributed by atoms with E-state index in [1.165, 1.54) is 0 Å². The van der Waals surface area contributed by atoms with Crippen LogP contribution in [-0.2, 0) is 9.59 Å². The van der Waals surface area contributed by atoms with E-state index in [4.69, 9.17) is 10.2 Å². The third-order valence-corrected chi connectivity index (χ3v) is 1.77. The zero-order valence-electron chi connectivity index (χ0n) is 9.43. The number of carbonyl (C=O) groups excluding carboxylic acids is 2. The monoisotopic (exact) mass is 258 g/mol. The summed E-state index contributed by atoms with van der Waals surface area (Å²) in [7, 11) is 0. The number of hydrogen-bond donors (Lipinski definition) is 6. The van der Waals surface area contributed by atoms with Crippen molar-refractivity contribution in [3.63, 3.8) is 0 Å². The van der Waals surface area contributed by atoms with E-state index in [1.807, 2.05) is 0 Å². The molecule has 1 aliphatic rings. The van der Waals surface area contributed by atoms with Gasteiger partial charge in [-0.05, 0) is 0 Å². The SMILES string of the molecule is O=C(NCCO)C1=NNC(C(=O)NCCO)=NN1. The summed E-state index contributed by atoms with van der Waals surface area (Å²) in [5.41, 5.74) is 4.59. The molecule has 0 aliphatic carbocycles. The maximum atomic E-state index is 11.3. The van der Waals surface area contributed by atoms with Gasteiger partial charge in [-0.15, -0.1) is 10.2 Å². The van der Waals surface area contributed by atoms with E-state index in [-0.39, 0.29) is 38.0 Å². The van der Waals surface area contributed by atoms with Crippen LogP contribution in [0.15, 0.2) is 10.2 Å². The maximum absolute atomic E-state index is 11.3. The smallest absolute Gasteiger partial charge is 0.290 e. The molecule has 0 aromatic rings. The molecule has 0 unspecified atom stereocenters. The first kappa shape index (κ1) is 13.9. The van der Waals surface area contributed by atoms with Crippen LogP contribution in [0.4, 0.5) is 0 Å². The second-order valence-electron chi connectivity index (χ2n) is 3.10. The van der Waals surface area contributed by atoms with E-state index in [0.29, 0.717) is 0 Å². The molecule has 6 N–H and O–H groups in total. The Kier molecular flexibility index (Phi) is 5.54. The van der Waals surface area contributed by atoms with Gasteiger partial charge < -0.3 is 20.8 Å². The van der Waals surface area contributed by atoms with Gasteiger partial charge in [0.1, 0.15) is 0 Å². The molecule has 0 spiro atoms. The van der Waals surface area contributed by atoms with E-state index < -0.39 is 11.8 Å². The second kappa shape index (κ2) is 7.19. The lowest BCUT2D eigenvalue weighted by Gasteiger charge is -2.13. The van der Waals surface area contributed by atoms with E-state index in [2.05, 4.69) is 31.7 Å². The number of amides is 2. The molecule has 10 nitrogen and oxygen atoms in total. The average Bonchev–Trinajstić information content (AvgIpc) is 2.42. The van der Waals surface area contributed by atoms with Gasteiger partial charge in [-0.1, -0.05) is 0 Å². The Balaban J connectivity index is 2.43. The highest BCUT2D eigenvalue weighted by atomic mass is 16.3. The van der Waals surface area contributed by atoms with Crippen molar-refractivity contribution in [2.45, 2.75) is 0 Å². The van der Waals surface area contributed by atoms with Gasteiger partial charge in [-0.2, -0.15) is 0 Å². The average molecular weight is 258 g/mol. The molecule has 1 rings (SSSR count). The van der Waals surface area contributed by atoms with E-state index in [0.717, 1.165) is 0 Å². The van der Waals surface area contributed by atoms with Gasteiger partial charge >= 0.3 is 0 Å². The van der Waals surface area contributed by atoms with Crippen LogP contribution >= 0.6 is 0 Å². The molecule has 0 fully saturated rings. The molecule has 10 heteroatoms. The normalized spacial score (nSPS) is 13.7. The Bertz CT molecular complexity index is 344. The van der Waals surface area contributed by atoms with Gasteiger partial charge in [0.25, 0.3) is 11.8 Å². The number of hydrogen-bond acceptors (Lipinski definition) is 8. The minimum absolute atomic E-state index is 0.0904. The van der Waals surface area contributed by atoms with Crippen LogP contribution in [0.5, 0.6) is 0 Å². The fourth-order valence-electron chi connectivity index (χ4n) is 0.977. The van der Waals surface area contributed by atoms with E-state index in [9.17, 15) is 9.59 Å². The molecule has 2 amide bonds. The highest BCUT2D eigenvalue weighted by Crippen LogP contribution is 1.85. The largest absolute Gasteiger partial charge is 0.395 e. The van der Waals surface area contributed by atoms with Gasteiger partial charge in [0.15, 0.2) is 0 Å². The molecular weight excluding hydrogens is 244 g/mol. The summed E-state index contributed by atoms with van der Waals surface area (Å²) in [6.07, 6.45) is 0. The van der Waals surface area contributed by atoms with Crippen molar-refractivity contribution in [2.75, 3.05) is 26.3 Å². The lowest BCUT2D eigenvalue weighted by Crippen LogP contribution is -2.48. The third kappa shape index (κ3) is 3.99. The van der Waals surface area contributed by atoms with Crippen LogP contribution < -0.4 is 21.5 Å². The number of aliphatic hydroxyl groups excluding tert-OH is 2. The van der Waals surface area contributed by atoms with Crippen LogP contribution in [0.1, 0.15) is 0 Å². The van der Waals surface area contributed by atoms with Gasteiger partial charge in [0.05, 0.1) is 13.2 Å². The number of amidine groups is 2. The fourth-order valence-corrected chi connectivity index (χ4v) is 0.977. The molecule has 1 heterocycles. The molecule has 0 saturated heterocycles. The minimum Gasteiger partial charge on any atom is -0.395 e. The van der Waals surface area contributed by atoms with Gasteiger partial charge in [0, 0.05) is 13.1 Å². The third-order valence-electron chi connectivity index (χ3n) is 1.77. The van der Waals surface area contributed by atoms with Gasteiger partial charge in [0.2, 0.25) is 11.7 Å². The first-order valence-electron chi connectivity index (χ1n) is 5.14. The number of nitrogens with one attached hydrogen (secondary N) is 4. The molecule has 0 saturated carbocycles. The Morgan fingerprint density at radius 1 is 0.944 bits per heavy atom. The summed E-state index contributed by atoms with van der Waals surface area (Å²) in [6, 6.07) is 0. The van der Waals surface area contributed by atoms with Crippen LogP contribution in [0, 0.1) is 0 Å². The van der Waals surface area contributed by atoms with Crippen LogP contribution in [0.25, 0.3) is 0 Å². The summed E-state index contributed by atoms with van der Waals surface area (Å²) in [5.74, 6) is -1.37. The molecule has 0 bridgehead atoms. The Morgan fingerprint density at radius 2 is 1.33 bits per heavy atom. The first-order chi connectivity index (χ1) is 8.69. The van der Waals surface area contributed by atoms with Crippen molar-refractivity contribution in [3.05, 3.63) is 0 Å². The number of rotatable bonds is 6. The Hall–Kier alpha value is -2.20. The first-order valence-corrected chi connectivity index (χ1v) is 5.14. The zero-order valence-corrected chi connectivity index (χ0v) is 9.43. The quantitative estimate of drug-likeness (QED) is 0.286. The molecule has 0 aromatic carbocycles. The van der Waals surface area contributed by atoms with Crippen molar-refractivity contribution in [2.24, 2.45) is 10.2 Å².